The van der Waals surface area contributed by atoms with Crippen molar-refractivity contribution in [1.29, 1.82) is 0 Å². The Kier molecular flexibility index (Phi) is 4.21. The van der Waals surface area contributed by atoms with Crippen molar-refractivity contribution in [1.82, 2.24) is 5.32 Å². The summed E-state index contributed by atoms with van der Waals surface area (Å²) in [4.78, 5) is 12.1. The Hall–Kier alpha value is -0.830. The smallest absolute Gasteiger partial charge is 0.251 e. The van der Waals surface area contributed by atoms with Gasteiger partial charge in [-0.2, -0.15) is 0 Å². The van der Waals surface area contributed by atoms with Crippen LogP contribution in [0.15, 0.2) is 30.3 Å². The molecule has 0 unspecified atom stereocenters. The van der Waals surface area contributed by atoms with Crippen LogP contribution in [0.3, 0.4) is 0 Å². The normalized spacial score (nSPS) is 18.6. The molecule has 1 fully saturated rings. The number of amides is 1. The van der Waals surface area contributed by atoms with E-state index >= 15 is 0 Å². The minimum Gasteiger partial charge on any atom is -0.346 e. The highest BCUT2D eigenvalue weighted by Crippen LogP contribution is 2.30. The number of carbonyl (C=O) groups is 1. The van der Waals surface area contributed by atoms with Gasteiger partial charge in [0.15, 0.2) is 0 Å². The topological polar surface area (TPSA) is 29.1 Å². The van der Waals surface area contributed by atoms with Crippen molar-refractivity contribution < 1.29 is 4.79 Å². The van der Waals surface area contributed by atoms with Crippen molar-refractivity contribution in [3.8, 4) is 0 Å². The van der Waals surface area contributed by atoms with Gasteiger partial charge in [0, 0.05) is 10.9 Å². The molecule has 1 amide bonds. The van der Waals surface area contributed by atoms with E-state index in [1.54, 1.807) is 0 Å². The number of rotatable bonds is 3. The van der Waals surface area contributed by atoms with E-state index in [4.69, 9.17) is 0 Å². The fraction of sp³-hybridized carbons (Fsp3) is 0.500. The van der Waals surface area contributed by atoms with Gasteiger partial charge >= 0.3 is 0 Å². The standard InChI is InChI=1S/C14H18BrNO/c15-11-14(9-5-2-6-10-14)16-13(17)12-7-3-1-4-8-12/h1,3-4,7-8H,2,5-6,9-11H2,(H,16,17). The molecule has 0 bridgehead atoms. The van der Waals surface area contributed by atoms with E-state index in [1.807, 2.05) is 30.3 Å². The summed E-state index contributed by atoms with van der Waals surface area (Å²) >= 11 is 3.55. The molecule has 1 saturated carbocycles. The van der Waals surface area contributed by atoms with Gasteiger partial charge in [0.1, 0.15) is 0 Å². The summed E-state index contributed by atoms with van der Waals surface area (Å²) < 4.78 is 0. The molecule has 0 heterocycles. The van der Waals surface area contributed by atoms with Gasteiger partial charge in [0.05, 0.1) is 5.54 Å². The van der Waals surface area contributed by atoms with E-state index in [2.05, 4.69) is 21.2 Å². The third-order valence-corrected chi connectivity index (χ3v) is 4.55. The summed E-state index contributed by atoms with van der Waals surface area (Å²) in [7, 11) is 0. The summed E-state index contributed by atoms with van der Waals surface area (Å²) in [6.07, 6.45) is 5.87. The highest BCUT2D eigenvalue weighted by molar-refractivity contribution is 9.09. The molecule has 2 nitrogen and oxygen atoms in total. The van der Waals surface area contributed by atoms with Gasteiger partial charge in [-0.05, 0) is 25.0 Å². The van der Waals surface area contributed by atoms with Gasteiger partial charge in [0.25, 0.3) is 5.91 Å². The Morgan fingerprint density at radius 3 is 2.41 bits per heavy atom. The molecule has 3 heteroatoms. The molecule has 92 valence electrons. The van der Waals surface area contributed by atoms with Crippen LogP contribution in [-0.2, 0) is 0 Å². The van der Waals surface area contributed by atoms with E-state index in [0.717, 1.165) is 23.7 Å². The third kappa shape index (κ3) is 3.09. The van der Waals surface area contributed by atoms with E-state index in [-0.39, 0.29) is 11.4 Å². The lowest BCUT2D eigenvalue weighted by Gasteiger charge is -2.36. The van der Waals surface area contributed by atoms with Gasteiger partial charge in [-0.3, -0.25) is 4.79 Å². The van der Waals surface area contributed by atoms with Gasteiger partial charge in [-0.1, -0.05) is 53.4 Å². The Labute approximate surface area is 111 Å². The monoisotopic (exact) mass is 295 g/mol. The molecule has 0 atom stereocenters. The molecule has 17 heavy (non-hydrogen) atoms. The quantitative estimate of drug-likeness (QED) is 0.850. The third-order valence-electron chi connectivity index (χ3n) is 3.48. The molecule has 1 N–H and O–H groups in total. The molecule has 0 saturated heterocycles. The van der Waals surface area contributed by atoms with Crippen LogP contribution in [0.25, 0.3) is 0 Å². The summed E-state index contributed by atoms with van der Waals surface area (Å²) in [5, 5.41) is 4.06. The van der Waals surface area contributed by atoms with Crippen molar-refractivity contribution in [2.45, 2.75) is 37.6 Å². The average Bonchev–Trinajstić information content (AvgIpc) is 2.41. The summed E-state index contributed by atoms with van der Waals surface area (Å²) in [6, 6.07) is 9.45. The van der Waals surface area contributed by atoms with Crippen LogP contribution < -0.4 is 5.32 Å². The van der Waals surface area contributed by atoms with E-state index in [1.165, 1.54) is 19.3 Å². The number of nitrogens with one attached hydrogen (secondary N) is 1. The lowest BCUT2D eigenvalue weighted by atomic mass is 9.83. The van der Waals surface area contributed by atoms with Crippen LogP contribution in [0.2, 0.25) is 0 Å². The minimum absolute atomic E-state index is 0.0365. The second-order valence-electron chi connectivity index (χ2n) is 4.79. The van der Waals surface area contributed by atoms with E-state index in [0.29, 0.717) is 0 Å². The summed E-state index contributed by atoms with van der Waals surface area (Å²) in [5.74, 6) is 0.0481. The second-order valence-corrected chi connectivity index (χ2v) is 5.36. The number of hydrogen-bond donors (Lipinski definition) is 1. The molecule has 0 spiro atoms. The van der Waals surface area contributed by atoms with Crippen molar-refractivity contribution in [2.24, 2.45) is 0 Å². The van der Waals surface area contributed by atoms with Crippen molar-refractivity contribution in [3.05, 3.63) is 35.9 Å². The fourth-order valence-corrected chi connectivity index (χ4v) is 3.12. The first-order chi connectivity index (χ1) is 8.26. The van der Waals surface area contributed by atoms with Gasteiger partial charge in [-0.15, -0.1) is 0 Å². The molecular formula is C14H18BrNO. The lowest BCUT2D eigenvalue weighted by molar-refractivity contribution is 0.0886. The van der Waals surface area contributed by atoms with Crippen molar-refractivity contribution in [3.63, 3.8) is 0 Å². The summed E-state index contributed by atoms with van der Waals surface area (Å²) in [6.45, 7) is 0. The number of carbonyl (C=O) groups excluding carboxylic acids is 1. The van der Waals surface area contributed by atoms with Crippen LogP contribution in [0.4, 0.5) is 0 Å². The Balaban J connectivity index is 2.06. The molecule has 1 aromatic rings. The molecule has 1 aliphatic rings. The second kappa shape index (κ2) is 5.67. The molecule has 0 radical (unpaired) electrons. The first-order valence-electron chi connectivity index (χ1n) is 6.19. The maximum Gasteiger partial charge on any atom is 0.251 e. The minimum atomic E-state index is -0.0365. The Morgan fingerprint density at radius 2 is 1.82 bits per heavy atom. The van der Waals surface area contributed by atoms with Crippen LogP contribution >= 0.6 is 15.9 Å². The average molecular weight is 296 g/mol. The predicted octanol–water partition coefficient (Wildman–Crippen LogP) is 3.51. The zero-order chi connectivity index (χ0) is 12.1. The number of hydrogen-bond acceptors (Lipinski definition) is 1. The molecule has 0 aliphatic heterocycles. The van der Waals surface area contributed by atoms with E-state index in [9.17, 15) is 4.79 Å². The first-order valence-corrected chi connectivity index (χ1v) is 7.31. The highest BCUT2D eigenvalue weighted by Gasteiger charge is 2.32. The Bertz CT molecular complexity index is 371. The van der Waals surface area contributed by atoms with Gasteiger partial charge in [-0.25, -0.2) is 0 Å². The zero-order valence-electron chi connectivity index (χ0n) is 9.92. The highest BCUT2D eigenvalue weighted by atomic mass is 79.9. The predicted molar refractivity (Wildman–Crippen MR) is 73.5 cm³/mol. The number of alkyl halides is 1. The molecule has 0 aromatic heterocycles. The maximum atomic E-state index is 12.1. The van der Waals surface area contributed by atoms with Crippen LogP contribution in [0.5, 0.6) is 0 Å². The van der Waals surface area contributed by atoms with Gasteiger partial charge in [0.2, 0.25) is 0 Å². The van der Waals surface area contributed by atoms with Gasteiger partial charge < -0.3 is 5.32 Å². The molecular weight excluding hydrogens is 278 g/mol. The molecule has 2 rings (SSSR count). The lowest BCUT2D eigenvalue weighted by Crippen LogP contribution is -2.51. The molecule has 1 aliphatic carbocycles. The zero-order valence-corrected chi connectivity index (χ0v) is 11.5. The summed E-state index contributed by atoms with van der Waals surface area (Å²) in [5.41, 5.74) is 0.712. The van der Waals surface area contributed by atoms with Crippen molar-refractivity contribution in [2.75, 3.05) is 5.33 Å². The molecule has 1 aromatic carbocycles. The largest absolute Gasteiger partial charge is 0.346 e. The first kappa shape index (κ1) is 12.6. The van der Waals surface area contributed by atoms with E-state index < -0.39 is 0 Å². The SMILES string of the molecule is O=C(NC1(CBr)CCCCC1)c1ccccc1. The maximum absolute atomic E-state index is 12.1. The van der Waals surface area contributed by atoms with Crippen molar-refractivity contribution >= 4 is 21.8 Å². The van der Waals surface area contributed by atoms with Crippen LogP contribution in [-0.4, -0.2) is 16.8 Å². The fourth-order valence-electron chi connectivity index (χ4n) is 2.42. The van der Waals surface area contributed by atoms with Crippen LogP contribution in [0, 0.1) is 0 Å². The Morgan fingerprint density at radius 1 is 1.18 bits per heavy atom. The number of halogens is 1. The number of benzene rings is 1. The van der Waals surface area contributed by atoms with Crippen LogP contribution in [0.1, 0.15) is 42.5 Å².